The molecule has 7 nitrogen and oxygen atoms in total. The molecular weight excluding hydrogens is 308 g/mol. The van der Waals surface area contributed by atoms with Crippen LogP contribution in [0.5, 0.6) is 11.5 Å². The van der Waals surface area contributed by atoms with E-state index >= 15 is 0 Å². The van der Waals surface area contributed by atoms with E-state index in [2.05, 4.69) is 21.1 Å². The van der Waals surface area contributed by atoms with E-state index in [4.69, 9.17) is 0 Å². The molecule has 0 spiro atoms. The predicted molar refractivity (Wildman–Crippen MR) is 92.5 cm³/mol. The molecule has 0 radical (unpaired) electrons. The second-order valence-electron chi connectivity index (χ2n) is 5.19. The highest BCUT2D eigenvalue weighted by Crippen LogP contribution is 2.16. The summed E-state index contributed by atoms with van der Waals surface area (Å²) in [5, 5.41) is 26.8. The molecule has 0 fully saturated rings. The third-order valence-corrected chi connectivity index (χ3v) is 3.11. The van der Waals surface area contributed by atoms with Crippen LogP contribution in [0.1, 0.15) is 22.3 Å². The molecule has 2 aromatic rings. The van der Waals surface area contributed by atoms with Gasteiger partial charge < -0.3 is 10.2 Å². The molecule has 0 saturated carbocycles. The summed E-state index contributed by atoms with van der Waals surface area (Å²) in [6.07, 6.45) is 2.65. The summed E-state index contributed by atoms with van der Waals surface area (Å²) in [4.78, 5) is 11.5. The second kappa shape index (κ2) is 7.77. The van der Waals surface area contributed by atoms with Gasteiger partial charge in [0.05, 0.1) is 12.4 Å². The molecule has 0 aromatic heterocycles. The van der Waals surface area contributed by atoms with Crippen molar-refractivity contribution < 1.29 is 15.0 Å². The average molecular weight is 326 g/mol. The Morgan fingerprint density at radius 3 is 1.67 bits per heavy atom. The lowest BCUT2D eigenvalue weighted by atomic mass is 10.1. The molecule has 0 aliphatic carbocycles. The van der Waals surface area contributed by atoms with Crippen LogP contribution in [0.15, 0.2) is 46.6 Å². The molecular formula is C17H18N4O3. The topological polar surface area (TPSA) is 106 Å². The predicted octanol–water partition coefficient (Wildman–Crippen LogP) is 2.38. The van der Waals surface area contributed by atoms with Gasteiger partial charge in [-0.25, -0.2) is 15.6 Å². The number of hydrogen-bond acceptors (Lipinski definition) is 5. The number of aryl methyl sites for hydroxylation is 2. The van der Waals surface area contributed by atoms with Crippen molar-refractivity contribution in [2.45, 2.75) is 13.8 Å². The third kappa shape index (κ3) is 4.84. The number of rotatable bonds is 4. The molecule has 0 aliphatic heterocycles. The van der Waals surface area contributed by atoms with Crippen molar-refractivity contribution >= 4 is 18.5 Å². The number of hydrazone groups is 2. The summed E-state index contributed by atoms with van der Waals surface area (Å²) in [7, 11) is 0. The van der Waals surface area contributed by atoms with Gasteiger partial charge in [-0.15, -0.1) is 0 Å². The molecule has 0 unspecified atom stereocenters. The zero-order valence-corrected chi connectivity index (χ0v) is 13.3. The third-order valence-electron chi connectivity index (χ3n) is 3.11. The van der Waals surface area contributed by atoms with Crippen LogP contribution in [0, 0.1) is 13.8 Å². The van der Waals surface area contributed by atoms with Crippen LogP contribution in [-0.4, -0.2) is 28.7 Å². The van der Waals surface area contributed by atoms with Gasteiger partial charge in [0, 0.05) is 11.1 Å². The van der Waals surface area contributed by atoms with E-state index in [9.17, 15) is 15.0 Å². The van der Waals surface area contributed by atoms with Crippen LogP contribution in [0.4, 0.5) is 4.79 Å². The van der Waals surface area contributed by atoms with Gasteiger partial charge in [0.15, 0.2) is 0 Å². The van der Waals surface area contributed by atoms with Crippen LogP contribution in [0.25, 0.3) is 0 Å². The summed E-state index contributed by atoms with van der Waals surface area (Å²) in [6.45, 7) is 3.71. The number of aromatic hydroxyl groups is 2. The fourth-order valence-electron chi connectivity index (χ4n) is 1.87. The minimum Gasteiger partial charge on any atom is -0.507 e. The Bertz CT molecular complexity index is 735. The lowest BCUT2D eigenvalue weighted by Gasteiger charge is -2.01. The standard InChI is InChI=1S/C17H18N4O3/c1-11-3-5-13(15(22)7-11)9-18-20-17(24)21-19-10-14-6-4-12(2)8-16(14)23/h3-10,22-23H,1-2H3,(H2,20,21,24)/b18-9+,19-10+. The lowest BCUT2D eigenvalue weighted by molar-refractivity contribution is 0.242. The maximum absolute atomic E-state index is 11.5. The number of amides is 2. The summed E-state index contributed by atoms with van der Waals surface area (Å²) < 4.78 is 0. The number of nitrogens with zero attached hydrogens (tertiary/aromatic N) is 2. The number of carbonyl (C=O) groups is 1. The minimum absolute atomic E-state index is 0.0776. The maximum atomic E-state index is 11.5. The van der Waals surface area contributed by atoms with Gasteiger partial charge in [-0.3, -0.25) is 0 Å². The van der Waals surface area contributed by atoms with Gasteiger partial charge >= 0.3 is 6.03 Å². The molecule has 0 saturated heterocycles. The normalized spacial score (nSPS) is 11.1. The SMILES string of the molecule is Cc1ccc(/C=N/NC(=O)N/N=C/c2ccc(C)cc2O)c(O)c1. The van der Waals surface area contributed by atoms with Crippen LogP contribution < -0.4 is 10.9 Å². The fraction of sp³-hybridized carbons (Fsp3) is 0.118. The first-order chi connectivity index (χ1) is 11.5. The molecule has 2 aromatic carbocycles. The van der Waals surface area contributed by atoms with Crippen molar-refractivity contribution in [2.24, 2.45) is 10.2 Å². The Labute approximate surface area is 139 Å². The monoisotopic (exact) mass is 326 g/mol. The Morgan fingerprint density at radius 1 is 0.875 bits per heavy atom. The van der Waals surface area contributed by atoms with Crippen molar-refractivity contribution in [3.8, 4) is 11.5 Å². The Hall–Kier alpha value is -3.35. The van der Waals surface area contributed by atoms with Crippen molar-refractivity contribution in [3.05, 3.63) is 58.7 Å². The molecule has 2 rings (SSSR count). The first-order valence-corrected chi connectivity index (χ1v) is 7.17. The van der Waals surface area contributed by atoms with Gasteiger partial charge in [-0.05, 0) is 49.2 Å². The van der Waals surface area contributed by atoms with E-state index in [0.717, 1.165) is 11.1 Å². The van der Waals surface area contributed by atoms with Crippen molar-refractivity contribution in [3.63, 3.8) is 0 Å². The Morgan fingerprint density at radius 2 is 1.29 bits per heavy atom. The summed E-state index contributed by atoms with van der Waals surface area (Å²) >= 11 is 0. The molecule has 4 N–H and O–H groups in total. The molecule has 2 amide bonds. The zero-order valence-electron chi connectivity index (χ0n) is 13.3. The van der Waals surface area contributed by atoms with Gasteiger partial charge in [0.1, 0.15) is 11.5 Å². The van der Waals surface area contributed by atoms with Crippen LogP contribution >= 0.6 is 0 Å². The Kier molecular flexibility index (Phi) is 5.51. The summed E-state index contributed by atoms with van der Waals surface area (Å²) in [5.41, 5.74) is 7.23. The van der Waals surface area contributed by atoms with E-state index in [1.54, 1.807) is 24.3 Å². The molecule has 24 heavy (non-hydrogen) atoms. The number of phenolic OH excluding ortho intramolecular Hbond substituents is 2. The van der Waals surface area contributed by atoms with E-state index in [-0.39, 0.29) is 11.5 Å². The molecule has 0 aliphatic rings. The minimum atomic E-state index is -0.652. The highest BCUT2D eigenvalue weighted by molar-refractivity contribution is 5.86. The maximum Gasteiger partial charge on any atom is 0.355 e. The van der Waals surface area contributed by atoms with Crippen LogP contribution in [0.2, 0.25) is 0 Å². The molecule has 124 valence electrons. The quantitative estimate of drug-likeness (QED) is 0.512. The van der Waals surface area contributed by atoms with Crippen molar-refractivity contribution in [2.75, 3.05) is 0 Å². The van der Waals surface area contributed by atoms with Gasteiger partial charge in [-0.2, -0.15) is 10.2 Å². The highest BCUT2D eigenvalue weighted by Gasteiger charge is 2.00. The van der Waals surface area contributed by atoms with E-state index in [0.29, 0.717) is 11.1 Å². The number of benzene rings is 2. The first kappa shape index (κ1) is 17.0. The van der Waals surface area contributed by atoms with E-state index in [1.165, 1.54) is 12.4 Å². The number of nitrogens with one attached hydrogen (secondary N) is 2. The van der Waals surface area contributed by atoms with Crippen LogP contribution in [0.3, 0.4) is 0 Å². The summed E-state index contributed by atoms with van der Waals surface area (Å²) in [6, 6.07) is 9.55. The number of urea groups is 1. The molecule has 7 heteroatoms. The number of phenols is 2. The van der Waals surface area contributed by atoms with Crippen molar-refractivity contribution in [1.82, 2.24) is 10.9 Å². The Balaban J connectivity index is 1.87. The second-order valence-corrected chi connectivity index (χ2v) is 5.19. The number of carbonyl (C=O) groups excluding carboxylic acids is 1. The van der Waals surface area contributed by atoms with Gasteiger partial charge in [-0.1, -0.05) is 12.1 Å². The first-order valence-electron chi connectivity index (χ1n) is 7.17. The van der Waals surface area contributed by atoms with Crippen LogP contribution in [-0.2, 0) is 0 Å². The molecule has 0 bridgehead atoms. The number of hydrogen-bond donors (Lipinski definition) is 4. The van der Waals surface area contributed by atoms with E-state index in [1.807, 2.05) is 26.0 Å². The van der Waals surface area contributed by atoms with Gasteiger partial charge in [0.2, 0.25) is 0 Å². The highest BCUT2D eigenvalue weighted by atomic mass is 16.3. The summed E-state index contributed by atoms with van der Waals surface area (Å²) in [5.74, 6) is 0.155. The van der Waals surface area contributed by atoms with Crippen molar-refractivity contribution in [1.29, 1.82) is 0 Å². The largest absolute Gasteiger partial charge is 0.507 e. The lowest BCUT2D eigenvalue weighted by Crippen LogP contribution is -2.28. The smallest absolute Gasteiger partial charge is 0.355 e. The fourth-order valence-corrected chi connectivity index (χ4v) is 1.87. The molecule has 0 atom stereocenters. The zero-order chi connectivity index (χ0) is 17.5. The average Bonchev–Trinajstić information content (AvgIpc) is 2.51. The van der Waals surface area contributed by atoms with Gasteiger partial charge in [0.25, 0.3) is 0 Å². The molecule has 0 heterocycles. The van der Waals surface area contributed by atoms with E-state index < -0.39 is 6.03 Å².